The van der Waals surface area contributed by atoms with E-state index in [1.807, 2.05) is 0 Å². The Morgan fingerprint density at radius 3 is 1.00 bits per heavy atom. The SMILES string of the molecule is CCCCCCCCCCCCC(=O)OC[C@@H](COC(=O)CCCCCCCCC)OC(=O)CCCCCCCCCCCCCC(C)C. The maximum Gasteiger partial charge on any atom is 0.306 e. The van der Waals surface area contributed by atoms with Crippen LogP contribution in [0.15, 0.2) is 0 Å². The van der Waals surface area contributed by atoms with E-state index in [-0.39, 0.29) is 31.1 Å². The zero-order valence-corrected chi connectivity index (χ0v) is 33.1. The third kappa shape index (κ3) is 37.5. The predicted molar refractivity (Wildman–Crippen MR) is 206 cm³/mol. The fraction of sp³-hybridized carbons (Fsp3) is 0.930. The first-order valence-electron chi connectivity index (χ1n) is 21.4. The Balaban J connectivity index is 4.29. The molecule has 0 aliphatic carbocycles. The highest BCUT2D eigenvalue weighted by atomic mass is 16.6. The van der Waals surface area contributed by atoms with E-state index in [2.05, 4.69) is 27.7 Å². The normalized spacial score (nSPS) is 11.9. The molecule has 0 aliphatic heterocycles. The van der Waals surface area contributed by atoms with E-state index in [9.17, 15) is 14.4 Å². The van der Waals surface area contributed by atoms with Crippen molar-refractivity contribution in [3.05, 3.63) is 0 Å². The molecule has 6 nitrogen and oxygen atoms in total. The van der Waals surface area contributed by atoms with E-state index in [1.54, 1.807) is 0 Å². The van der Waals surface area contributed by atoms with Gasteiger partial charge < -0.3 is 14.2 Å². The van der Waals surface area contributed by atoms with Crippen LogP contribution in [0, 0.1) is 5.92 Å². The van der Waals surface area contributed by atoms with Gasteiger partial charge in [0.25, 0.3) is 0 Å². The number of hydrogen-bond acceptors (Lipinski definition) is 6. The Morgan fingerprint density at radius 1 is 0.388 bits per heavy atom. The van der Waals surface area contributed by atoms with E-state index in [0.717, 1.165) is 63.7 Å². The van der Waals surface area contributed by atoms with Crippen molar-refractivity contribution in [1.82, 2.24) is 0 Å². The molecule has 0 bridgehead atoms. The van der Waals surface area contributed by atoms with Gasteiger partial charge in [-0.1, -0.05) is 195 Å². The minimum absolute atomic E-state index is 0.0647. The van der Waals surface area contributed by atoms with Gasteiger partial charge in [0.15, 0.2) is 6.10 Å². The van der Waals surface area contributed by atoms with Crippen LogP contribution in [0.3, 0.4) is 0 Å². The average Bonchev–Trinajstić information content (AvgIpc) is 3.08. The molecule has 0 aromatic rings. The molecule has 0 saturated heterocycles. The van der Waals surface area contributed by atoms with Crippen LogP contribution in [0.2, 0.25) is 0 Å². The molecular formula is C43H82O6. The minimum Gasteiger partial charge on any atom is -0.462 e. The van der Waals surface area contributed by atoms with Gasteiger partial charge >= 0.3 is 17.9 Å². The standard InChI is InChI=1S/C43H82O6/c1-5-7-9-11-13-14-19-23-27-31-35-42(45)48-38-40(37-47-41(44)34-30-26-21-12-10-8-6-2)49-43(46)36-32-28-24-20-17-15-16-18-22-25-29-33-39(3)4/h39-40H,5-38H2,1-4H3/t40-/m1/s1. The van der Waals surface area contributed by atoms with Crippen molar-refractivity contribution in [1.29, 1.82) is 0 Å². The van der Waals surface area contributed by atoms with Gasteiger partial charge in [0.1, 0.15) is 13.2 Å². The quantitative estimate of drug-likeness (QED) is 0.0364. The van der Waals surface area contributed by atoms with Gasteiger partial charge in [0, 0.05) is 19.3 Å². The lowest BCUT2D eigenvalue weighted by molar-refractivity contribution is -0.167. The topological polar surface area (TPSA) is 78.9 Å². The second-order valence-electron chi connectivity index (χ2n) is 15.1. The summed E-state index contributed by atoms with van der Waals surface area (Å²) in [4.78, 5) is 37.4. The van der Waals surface area contributed by atoms with E-state index in [0.29, 0.717) is 19.3 Å². The number of ether oxygens (including phenoxy) is 3. The van der Waals surface area contributed by atoms with E-state index >= 15 is 0 Å². The smallest absolute Gasteiger partial charge is 0.306 e. The Hall–Kier alpha value is -1.59. The lowest BCUT2D eigenvalue weighted by atomic mass is 10.0. The van der Waals surface area contributed by atoms with Crippen LogP contribution in [0.25, 0.3) is 0 Å². The summed E-state index contributed by atoms with van der Waals surface area (Å²) >= 11 is 0. The van der Waals surface area contributed by atoms with Crippen LogP contribution >= 0.6 is 0 Å². The first-order valence-corrected chi connectivity index (χ1v) is 21.4. The molecule has 0 radical (unpaired) electrons. The molecule has 0 amide bonds. The first-order chi connectivity index (χ1) is 23.9. The third-order valence-electron chi connectivity index (χ3n) is 9.54. The Bertz CT molecular complexity index is 736. The molecule has 0 unspecified atom stereocenters. The molecule has 0 rings (SSSR count). The van der Waals surface area contributed by atoms with Crippen molar-refractivity contribution in [2.24, 2.45) is 5.92 Å². The molecule has 0 aromatic heterocycles. The summed E-state index contributed by atoms with van der Waals surface area (Å²) in [5.74, 6) is -0.0409. The van der Waals surface area contributed by atoms with Gasteiger partial charge in [-0.25, -0.2) is 0 Å². The van der Waals surface area contributed by atoms with Crippen LogP contribution < -0.4 is 0 Å². The van der Waals surface area contributed by atoms with Crippen molar-refractivity contribution in [3.63, 3.8) is 0 Å². The maximum absolute atomic E-state index is 12.6. The maximum atomic E-state index is 12.6. The van der Waals surface area contributed by atoms with E-state index in [4.69, 9.17) is 14.2 Å². The minimum atomic E-state index is -0.757. The van der Waals surface area contributed by atoms with Crippen LogP contribution in [-0.2, 0) is 28.6 Å². The second-order valence-corrected chi connectivity index (χ2v) is 15.1. The summed E-state index contributed by atoms with van der Waals surface area (Å²) in [5.41, 5.74) is 0. The molecule has 1 atom stereocenters. The Kier molecular flexibility index (Phi) is 36.4. The molecule has 0 fully saturated rings. The number of carbonyl (C=O) groups is 3. The first kappa shape index (κ1) is 47.4. The second kappa shape index (κ2) is 37.7. The molecule has 0 aromatic carbocycles. The summed E-state index contributed by atoms with van der Waals surface area (Å²) in [5, 5.41) is 0. The lowest BCUT2D eigenvalue weighted by Gasteiger charge is -2.18. The van der Waals surface area contributed by atoms with Crippen molar-refractivity contribution in [2.75, 3.05) is 13.2 Å². The largest absolute Gasteiger partial charge is 0.462 e. The van der Waals surface area contributed by atoms with Gasteiger partial charge in [-0.3, -0.25) is 14.4 Å². The van der Waals surface area contributed by atoms with Gasteiger partial charge in [-0.05, 0) is 25.2 Å². The summed E-state index contributed by atoms with van der Waals surface area (Å²) < 4.78 is 16.6. The van der Waals surface area contributed by atoms with Crippen LogP contribution in [0.4, 0.5) is 0 Å². The summed E-state index contributed by atoms with van der Waals surface area (Å²) in [6.07, 6.45) is 35.2. The summed E-state index contributed by atoms with van der Waals surface area (Å²) in [6.45, 7) is 8.93. The zero-order chi connectivity index (χ0) is 36.0. The monoisotopic (exact) mass is 695 g/mol. The zero-order valence-electron chi connectivity index (χ0n) is 33.1. The molecule has 0 saturated carbocycles. The molecule has 0 spiro atoms. The van der Waals surface area contributed by atoms with Gasteiger partial charge in [-0.15, -0.1) is 0 Å². The van der Waals surface area contributed by atoms with Gasteiger partial charge in [-0.2, -0.15) is 0 Å². The van der Waals surface area contributed by atoms with Crippen molar-refractivity contribution < 1.29 is 28.6 Å². The predicted octanol–water partition coefficient (Wildman–Crippen LogP) is 13.2. The fourth-order valence-corrected chi connectivity index (χ4v) is 6.27. The molecule has 49 heavy (non-hydrogen) atoms. The van der Waals surface area contributed by atoms with Gasteiger partial charge in [0.05, 0.1) is 0 Å². The lowest BCUT2D eigenvalue weighted by Crippen LogP contribution is -2.30. The number of hydrogen-bond donors (Lipinski definition) is 0. The third-order valence-corrected chi connectivity index (χ3v) is 9.54. The average molecular weight is 695 g/mol. The van der Waals surface area contributed by atoms with Crippen molar-refractivity contribution in [2.45, 2.75) is 239 Å². The highest BCUT2D eigenvalue weighted by Gasteiger charge is 2.19. The molecule has 6 heteroatoms. The number of rotatable bonds is 38. The van der Waals surface area contributed by atoms with Crippen LogP contribution in [0.5, 0.6) is 0 Å². The Labute approximate surface area is 304 Å². The van der Waals surface area contributed by atoms with Crippen molar-refractivity contribution >= 4 is 17.9 Å². The van der Waals surface area contributed by atoms with Crippen molar-refractivity contribution in [3.8, 4) is 0 Å². The molecule has 0 aliphatic rings. The summed E-state index contributed by atoms with van der Waals surface area (Å²) in [6, 6.07) is 0. The fourth-order valence-electron chi connectivity index (χ4n) is 6.27. The van der Waals surface area contributed by atoms with Crippen LogP contribution in [0.1, 0.15) is 233 Å². The van der Waals surface area contributed by atoms with Crippen LogP contribution in [-0.4, -0.2) is 37.2 Å². The molecule has 0 heterocycles. The number of esters is 3. The Morgan fingerprint density at radius 2 is 0.673 bits per heavy atom. The number of carbonyl (C=O) groups excluding carboxylic acids is 3. The number of unbranched alkanes of at least 4 members (excludes halogenated alkanes) is 25. The van der Waals surface area contributed by atoms with E-state index in [1.165, 1.54) is 128 Å². The summed E-state index contributed by atoms with van der Waals surface area (Å²) in [7, 11) is 0. The molecule has 290 valence electrons. The molecule has 0 N–H and O–H groups in total. The highest BCUT2D eigenvalue weighted by Crippen LogP contribution is 2.16. The highest BCUT2D eigenvalue weighted by molar-refractivity contribution is 5.71. The van der Waals surface area contributed by atoms with E-state index < -0.39 is 6.10 Å². The molecular weight excluding hydrogens is 612 g/mol. The van der Waals surface area contributed by atoms with Gasteiger partial charge in [0.2, 0.25) is 0 Å².